The summed E-state index contributed by atoms with van der Waals surface area (Å²) in [6, 6.07) is 12.0. The van der Waals surface area contributed by atoms with Gasteiger partial charge in [0.1, 0.15) is 11.6 Å². The first kappa shape index (κ1) is 27.3. The fraction of sp³-hybridized carbons (Fsp3) is 0.448. The summed E-state index contributed by atoms with van der Waals surface area (Å²) in [4.78, 5) is 19.0. The molecule has 0 spiro atoms. The van der Waals surface area contributed by atoms with Gasteiger partial charge in [0.05, 0.1) is 29.2 Å². The zero-order chi connectivity index (χ0) is 26.4. The predicted octanol–water partition coefficient (Wildman–Crippen LogP) is 6.04. The van der Waals surface area contributed by atoms with E-state index in [9.17, 15) is 19.4 Å². The molecule has 0 saturated carbocycles. The van der Waals surface area contributed by atoms with Gasteiger partial charge >= 0.3 is 5.97 Å². The number of carboxylic acids is 1. The maximum atomic E-state index is 13.1. The normalized spacial score (nSPS) is 16.5. The number of nitrogens with zero attached hydrogens (tertiary/aromatic N) is 2. The van der Waals surface area contributed by atoms with E-state index in [4.69, 9.17) is 16.3 Å². The summed E-state index contributed by atoms with van der Waals surface area (Å²) >= 11 is 6.43. The number of halogens is 2. The molecule has 198 valence electrons. The summed E-state index contributed by atoms with van der Waals surface area (Å²) in [6.45, 7) is 2.35. The number of benzene rings is 2. The van der Waals surface area contributed by atoms with Gasteiger partial charge in [0.2, 0.25) is 0 Å². The minimum Gasteiger partial charge on any atom is -0.497 e. The standard InChI is InChI=1S/C29H34ClFN2O4/c1-37-22-9-10-25-23(18-22)27(24(30)19-32-25)26(34)11-12-29(28(35)36)13-16-33(17-14-29)15-3-2-4-20-5-7-21(31)8-6-20/h5-10,18-19,26,34H,2-4,11-17H2,1H3,(H,35,36)/t26-/m0/s1. The Morgan fingerprint density at radius 1 is 1.19 bits per heavy atom. The van der Waals surface area contributed by atoms with Crippen LogP contribution in [0.25, 0.3) is 10.9 Å². The van der Waals surface area contributed by atoms with E-state index in [0.717, 1.165) is 44.5 Å². The molecule has 0 bridgehead atoms. The van der Waals surface area contributed by atoms with Crippen LogP contribution < -0.4 is 4.74 Å². The number of hydrogen-bond donors (Lipinski definition) is 2. The van der Waals surface area contributed by atoms with Crippen molar-refractivity contribution in [3.63, 3.8) is 0 Å². The van der Waals surface area contributed by atoms with Crippen LogP contribution in [0.5, 0.6) is 5.75 Å². The summed E-state index contributed by atoms with van der Waals surface area (Å²) < 4.78 is 18.4. The van der Waals surface area contributed by atoms with Crippen molar-refractivity contribution in [3.05, 3.63) is 70.6 Å². The maximum absolute atomic E-state index is 13.1. The Bertz CT molecular complexity index is 1210. The third-order valence-electron chi connectivity index (χ3n) is 7.67. The molecule has 0 amide bonds. The summed E-state index contributed by atoms with van der Waals surface area (Å²) in [5.74, 6) is -0.385. The first-order chi connectivity index (χ1) is 17.8. The van der Waals surface area contributed by atoms with Crippen LogP contribution in [0, 0.1) is 11.2 Å². The first-order valence-electron chi connectivity index (χ1n) is 12.8. The van der Waals surface area contributed by atoms with Crippen LogP contribution in [0.2, 0.25) is 5.02 Å². The Kier molecular flexibility index (Phi) is 9.00. The number of piperidine rings is 1. The molecular weight excluding hydrogens is 495 g/mol. The van der Waals surface area contributed by atoms with Crippen molar-refractivity contribution in [1.29, 1.82) is 0 Å². The van der Waals surface area contributed by atoms with Crippen molar-refractivity contribution in [2.75, 3.05) is 26.7 Å². The van der Waals surface area contributed by atoms with Crippen molar-refractivity contribution >= 4 is 28.5 Å². The molecule has 2 aromatic carbocycles. The van der Waals surface area contributed by atoms with E-state index in [1.54, 1.807) is 19.2 Å². The Labute approximate surface area is 222 Å². The highest BCUT2D eigenvalue weighted by Crippen LogP contribution is 2.41. The number of fused-ring (bicyclic) bond motifs is 1. The van der Waals surface area contributed by atoms with Crippen molar-refractivity contribution in [1.82, 2.24) is 9.88 Å². The number of aryl methyl sites for hydroxylation is 1. The Balaban J connectivity index is 1.32. The lowest BCUT2D eigenvalue weighted by Crippen LogP contribution is -2.44. The van der Waals surface area contributed by atoms with E-state index < -0.39 is 17.5 Å². The minimum atomic E-state index is -0.911. The van der Waals surface area contributed by atoms with Gasteiger partial charge in [-0.15, -0.1) is 0 Å². The largest absolute Gasteiger partial charge is 0.497 e. The number of carbonyl (C=O) groups is 1. The van der Waals surface area contributed by atoms with Gasteiger partial charge in [0, 0.05) is 17.1 Å². The number of methoxy groups -OCH3 is 1. The van der Waals surface area contributed by atoms with Crippen molar-refractivity contribution in [2.45, 2.75) is 51.0 Å². The van der Waals surface area contributed by atoms with Gasteiger partial charge in [-0.05, 0) is 100 Å². The molecule has 1 fully saturated rings. The van der Waals surface area contributed by atoms with E-state index in [0.29, 0.717) is 52.9 Å². The number of carboxylic acid groups (broad SMARTS) is 1. The predicted molar refractivity (Wildman–Crippen MR) is 143 cm³/mol. The highest BCUT2D eigenvalue weighted by Gasteiger charge is 2.41. The third-order valence-corrected chi connectivity index (χ3v) is 7.97. The van der Waals surface area contributed by atoms with Crippen molar-refractivity contribution in [3.8, 4) is 5.75 Å². The van der Waals surface area contributed by atoms with Gasteiger partial charge in [0.25, 0.3) is 0 Å². The van der Waals surface area contributed by atoms with Gasteiger partial charge in [-0.3, -0.25) is 9.78 Å². The number of pyridine rings is 1. The minimum absolute atomic E-state index is 0.219. The summed E-state index contributed by atoms with van der Waals surface area (Å²) in [5.41, 5.74) is 1.52. The molecule has 3 aromatic rings. The van der Waals surface area contributed by atoms with E-state index in [2.05, 4.69) is 9.88 Å². The van der Waals surface area contributed by atoms with Gasteiger partial charge in [-0.25, -0.2) is 4.39 Å². The zero-order valence-corrected chi connectivity index (χ0v) is 21.9. The van der Waals surface area contributed by atoms with E-state index in [1.807, 2.05) is 18.2 Å². The van der Waals surface area contributed by atoms with E-state index in [1.165, 1.54) is 18.3 Å². The number of unbranched alkanes of at least 4 members (excludes halogenated alkanes) is 1. The summed E-state index contributed by atoms with van der Waals surface area (Å²) in [5, 5.41) is 22.3. The monoisotopic (exact) mass is 528 g/mol. The number of aliphatic hydroxyl groups excluding tert-OH is 1. The molecule has 4 rings (SSSR count). The second kappa shape index (κ2) is 12.2. The molecule has 2 N–H and O–H groups in total. The fourth-order valence-electron chi connectivity index (χ4n) is 5.28. The van der Waals surface area contributed by atoms with E-state index in [-0.39, 0.29) is 5.82 Å². The Hall–Kier alpha value is -2.74. The van der Waals surface area contributed by atoms with Crippen molar-refractivity contribution < 1.29 is 24.1 Å². The van der Waals surface area contributed by atoms with Crippen LogP contribution in [0.4, 0.5) is 4.39 Å². The molecule has 6 nitrogen and oxygen atoms in total. The first-order valence-corrected chi connectivity index (χ1v) is 13.2. The number of aliphatic carboxylic acids is 1. The quantitative estimate of drug-likeness (QED) is 0.295. The van der Waals surface area contributed by atoms with Gasteiger partial charge in [-0.2, -0.15) is 0 Å². The summed E-state index contributed by atoms with van der Waals surface area (Å²) in [7, 11) is 1.57. The molecule has 1 saturated heterocycles. The van der Waals surface area contributed by atoms with Crippen LogP contribution in [-0.4, -0.2) is 52.8 Å². The fourth-order valence-corrected chi connectivity index (χ4v) is 5.56. The van der Waals surface area contributed by atoms with Gasteiger partial charge < -0.3 is 19.8 Å². The smallest absolute Gasteiger partial charge is 0.309 e. The molecule has 8 heteroatoms. The van der Waals surface area contributed by atoms with Crippen LogP contribution in [0.1, 0.15) is 55.8 Å². The number of aliphatic hydroxyl groups is 1. The molecule has 0 radical (unpaired) electrons. The third kappa shape index (κ3) is 6.58. The SMILES string of the molecule is COc1ccc2ncc(Cl)c([C@@H](O)CCC3(C(=O)O)CCN(CCCCc4ccc(F)cc4)CC3)c2c1. The lowest BCUT2D eigenvalue weighted by atomic mass is 9.74. The lowest BCUT2D eigenvalue weighted by Gasteiger charge is -2.39. The second-order valence-corrected chi connectivity index (χ2v) is 10.4. The van der Waals surface area contributed by atoms with E-state index >= 15 is 0 Å². The Morgan fingerprint density at radius 3 is 2.59 bits per heavy atom. The van der Waals surface area contributed by atoms with Gasteiger partial charge in [-0.1, -0.05) is 23.7 Å². The summed E-state index contributed by atoms with van der Waals surface area (Å²) in [6.07, 6.45) is 5.28. The average molecular weight is 529 g/mol. The van der Waals surface area contributed by atoms with Crippen LogP contribution >= 0.6 is 11.6 Å². The van der Waals surface area contributed by atoms with Crippen LogP contribution in [0.15, 0.2) is 48.7 Å². The van der Waals surface area contributed by atoms with Crippen LogP contribution in [0.3, 0.4) is 0 Å². The number of aromatic nitrogens is 1. The maximum Gasteiger partial charge on any atom is 0.309 e. The highest BCUT2D eigenvalue weighted by atomic mass is 35.5. The lowest BCUT2D eigenvalue weighted by molar-refractivity contribution is -0.153. The van der Waals surface area contributed by atoms with Crippen LogP contribution in [-0.2, 0) is 11.2 Å². The molecule has 1 atom stereocenters. The number of hydrogen-bond acceptors (Lipinski definition) is 5. The molecular formula is C29H34ClFN2O4. The number of ether oxygens (including phenoxy) is 1. The number of likely N-dealkylation sites (tertiary alicyclic amines) is 1. The van der Waals surface area contributed by atoms with Crippen molar-refractivity contribution in [2.24, 2.45) is 5.41 Å². The van der Waals surface area contributed by atoms with Gasteiger partial charge in [0.15, 0.2) is 0 Å². The topological polar surface area (TPSA) is 82.9 Å². The second-order valence-electron chi connectivity index (χ2n) is 9.97. The average Bonchev–Trinajstić information content (AvgIpc) is 2.91. The molecule has 1 aliphatic rings. The molecule has 37 heavy (non-hydrogen) atoms. The Morgan fingerprint density at radius 2 is 1.92 bits per heavy atom. The molecule has 1 aromatic heterocycles. The zero-order valence-electron chi connectivity index (χ0n) is 21.1. The number of rotatable bonds is 11. The highest BCUT2D eigenvalue weighted by molar-refractivity contribution is 6.32. The molecule has 0 unspecified atom stereocenters. The molecule has 2 heterocycles. The molecule has 0 aliphatic carbocycles. The molecule has 1 aliphatic heterocycles.